The molecule has 104 valence electrons. The van der Waals surface area contributed by atoms with Gasteiger partial charge in [0.15, 0.2) is 0 Å². The highest BCUT2D eigenvalue weighted by Crippen LogP contribution is 2.19. The lowest BCUT2D eigenvalue weighted by molar-refractivity contribution is -0.132. The van der Waals surface area contributed by atoms with Gasteiger partial charge in [-0.05, 0) is 37.0 Å². The van der Waals surface area contributed by atoms with Gasteiger partial charge in [-0.25, -0.2) is 4.39 Å². The number of nitrogens with one attached hydrogen (secondary N) is 1. The second-order valence-corrected chi connectivity index (χ2v) is 4.86. The van der Waals surface area contributed by atoms with Crippen molar-refractivity contribution < 1.29 is 13.9 Å². The predicted molar refractivity (Wildman–Crippen MR) is 69.9 cm³/mol. The van der Waals surface area contributed by atoms with E-state index in [1.165, 1.54) is 6.07 Å². The molecular weight excluding hydrogens is 247 g/mol. The summed E-state index contributed by atoms with van der Waals surface area (Å²) in [5.74, 6) is -0.413. The maximum absolute atomic E-state index is 13.4. The standard InChI is InChI=1S/C14H19FN2O2/c1-9-2-3-10(6-12(9)15)8-17-14(18)13-5-4-11(7-16)19-13/h2-3,6,11,13H,4-5,7-8,16H2,1H3,(H,17,18)/t11-,13+/m1/s1. The highest BCUT2D eigenvalue weighted by molar-refractivity contribution is 5.81. The van der Waals surface area contributed by atoms with Crippen LogP contribution in [0.1, 0.15) is 24.0 Å². The lowest BCUT2D eigenvalue weighted by Gasteiger charge is -2.13. The third-order valence-corrected chi connectivity index (χ3v) is 3.37. The molecule has 0 aromatic heterocycles. The van der Waals surface area contributed by atoms with Gasteiger partial charge in [0.25, 0.3) is 0 Å². The fraction of sp³-hybridized carbons (Fsp3) is 0.500. The van der Waals surface area contributed by atoms with E-state index in [9.17, 15) is 9.18 Å². The van der Waals surface area contributed by atoms with Gasteiger partial charge < -0.3 is 15.8 Å². The minimum Gasteiger partial charge on any atom is -0.364 e. The maximum Gasteiger partial charge on any atom is 0.249 e. The largest absolute Gasteiger partial charge is 0.364 e. The summed E-state index contributed by atoms with van der Waals surface area (Å²) in [6.45, 7) is 2.45. The molecule has 1 aromatic carbocycles. The molecule has 1 amide bonds. The molecule has 2 atom stereocenters. The van der Waals surface area contributed by atoms with Crippen molar-refractivity contribution in [3.8, 4) is 0 Å². The molecule has 0 unspecified atom stereocenters. The molecule has 1 fully saturated rings. The van der Waals surface area contributed by atoms with Crippen molar-refractivity contribution in [2.24, 2.45) is 5.73 Å². The number of aryl methyl sites for hydroxylation is 1. The molecule has 0 bridgehead atoms. The Hall–Kier alpha value is -1.46. The summed E-state index contributed by atoms with van der Waals surface area (Å²) in [5, 5.41) is 2.76. The first-order valence-corrected chi connectivity index (χ1v) is 6.48. The molecule has 1 saturated heterocycles. The van der Waals surface area contributed by atoms with Crippen LogP contribution in [0.15, 0.2) is 18.2 Å². The van der Waals surface area contributed by atoms with E-state index in [2.05, 4.69) is 5.32 Å². The van der Waals surface area contributed by atoms with Crippen LogP contribution >= 0.6 is 0 Å². The van der Waals surface area contributed by atoms with Gasteiger partial charge in [0.1, 0.15) is 11.9 Å². The Morgan fingerprint density at radius 3 is 2.95 bits per heavy atom. The Labute approximate surface area is 112 Å². The zero-order valence-corrected chi connectivity index (χ0v) is 11.0. The molecule has 5 heteroatoms. The molecule has 0 saturated carbocycles. The van der Waals surface area contributed by atoms with E-state index >= 15 is 0 Å². The molecule has 0 aliphatic carbocycles. The van der Waals surface area contributed by atoms with Gasteiger partial charge in [0, 0.05) is 13.1 Å². The van der Waals surface area contributed by atoms with Crippen molar-refractivity contribution in [3.63, 3.8) is 0 Å². The lowest BCUT2D eigenvalue weighted by Crippen LogP contribution is -2.35. The number of amides is 1. The molecule has 19 heavy (non-hydrogen) atoms. The smallest absolute Gasteiger partial charge is 0.249 e. The first kappa shape index (κ1) is 14.0. The van der Waals surface area contributed by atoms with Crippen LogP contribution in [-0.4, -0.2) is 24.7 Å². The van der Waals surface area contributed by atoms with Crippen LogP contribution < -0.4 is 11.1 Å². The second kappa shape index (κ2) is 6.12. The quantitative estimate of drug-likeness (QED) is 0.862. The van der Waals surface area contributed by atoms with E-state index in [-0.39, 0.29) is 17.8 Å². The van der Waals surface area contributed by atoms with E-state index in [0.717, 1.165) is 12.0 Å². The SMILES string of the molecule is Cc1ccc(CNC(=O)[C@@H]2CC[C@H](CN)O2)cc1F. The maximum atomic E-state index is 13.4. The van der Waals surface area contributed by atoms with E-state index in [1.807, 2.05) is 0 Å². The number of hydrogen-bond acceptors (Lipinski definition) is 3. The third-order valence-electron chi connectivity index (χ3n) is 3.37. The number of halogens is 1. The Morgan fingerprint density at radius 1 is 1.53 bits per heavy atom. The average Bonchev–Trinajstić information content (AvgIpc) is 2.88. The average molecular weight is 266 g/mol. The van der Waals surface area contributed by atoms with Crippen LogP contribution in [0.5, 0.6) is 0 Å². The van der Waals surface area contributed by atoms with Crippen LogP contribution in [0.3, 0.4) is 0 Å². The van der Waals surface area contributed by atoms with Crippen LogP contribution in [0.2, 0.25) is 0 Å². The van der Waals surface area contributed by atoms with E-state index in [0.29, 0.717) is 25.1 Å². The number of carbonyl (C=O) groups excluding carboxylic acids is 1. The first-order valence-electron chi connectivity index (χ1n) is 6.48. The summed E-state index contributed by atoms with van der Waals surface area (Å²) in [4.78, 5) is 11.9. The summed E-state index contributed by atoms with van der Waals surface area (Å²) in [6, 6.07) is 4.94. The molecule has 1 heterocycles. The number of benzene rings is 1. The summed E-state index contributed by atoms with van der Waals surface area (Å²) in [5.41, 5.74) is 6.83. The third kappa shape index (κ3) is 3.52. The van der Waals surface area contributed by atoms with E-state index < -0.39 is 6.10 Å². The molecule has 4 nitrogen and oxygen atoms in total. The molecule has 1 aliphatic heterocycles. The predicted octanol–water partition coefficient (Wildman–Crippen LogP) is 1.26. The number of nitrogens with two attached hydrogens (primary N) is 1. The zero-order chi connectivity index (χ0) is 13.8. The summed E-state index contributed by atoms with van der Waals surface area (Å²) in [7, 11) is 0. The topological polar surface area (TPSA) is 64.4 Å². The number of carbonyl (C=O) groups is 1. The van der Waals surface area contributed by atoms with Gasteiger partial charge in [-0.15, -0.1) is 0 Å². The summed E-state index contributed by atoms with van der Waals surface area (Å²) < 4.78 is 18.8. The summed E-state index contributed by atoms with van der Waals surface area (Å²) in [6.07, 6.45) is 1.06. The van der Waals surface area contributed by atoms with Gasteiger partial charge in [-0.2, -0.15) is 0 Å². The van der Waals surface area contributed by atoms with Crippen molar-refractivity contribution >= 4 is 5.91 Å². The van der Waals surface area contributed by atoms with Gasteiger partial charge in [0.05, 0.1) is 6.10 Å². The fourth-order valence-corrected chi connectivity index (χ4v) is 2.12. The van der Waals surface area contributed by atoms with Crippen LogP contribution in [0.4, 0.5) is 4.39 Å². The summed E-state index contributed by atoms with van der Waals surface area (Å²) >= 11 is 0. The van der Waals surface area contributed by atoms with Crippen LogP contribution in [-0.2, 0) is 16.1 Å². The molecule has 2 rings (SSSR count). The van der Waals surface area contributed by atoms with Gasteiger partial charge in [0.2, 0.25) is 5.91 Å². The van der Waals surface area contributed by atoms with Crippen molar-refractivity contribution in [2.75, 3.05) is 6.54 Å². The van der Waals surface area contributed by atoms with Crippen molar-refractivity contribution in [1.82, 2.24) is 5.32 Å². The minimum absolute atomic E-state index is 0.0208. The molecule has 0 radical (unpaired) electrons. The lowest BCUT2D eigenvalue weighted by atomic mass is 10.1. The van der Waals surface area contributed by atoms with Gasteiger partial charge in [-0.3, -0.25) is 4.79 Å². The Balaban J connectivity index is 1.85. The van der Waals surface area contributed by atoms with Crippen LogP contribution in [0, 0.1) is 12.7 Å². The molecule has 1 aliphatic rings. The molecule has 0 spiro atoms. The van der Waals surface area contributed by atoms with E-state index in [1.54, 1.807) is 19.1 Å². The van der Waals surface area contributed by atoms with Gasteiger partial charge >= 0.3 is 0 Å². The van der Waals surface area contributed by atoms with Crippen LogP contribution in [0.25, 0.3) is 0 Å². The van der Waals surface area contributed by atoms with Crippen molar-refractivity contribution in [1.29, 1.82) is 0 Å². The Kier molecular flexibility index (Phi) is 4.50. The van der Waals surface area contributed by atoms with E-state index in [4.69, 9.17) is 10.5 Å². The minimum atomic E-state index is -0.427. The molecule has 1 aromatic rings. The highest BCUT2D eigenvalue weighted by Gasteiger charge is 2.29. The molecule has 3 N–H and O–H groups in total. The Bertz CT molecular complexity index is 465. The van der Waals surface area contributed by atoms with Crippen molar-refractivity contribution in [3.05, 3.63) is 35.1 Å². The number of hydrogen-bond donors (Lipinski definition) is 2. The number of ether oxygens (including phenoxy) is 1. The highest BCUT2D eigenvalue weighted by atomic mass is 19.1. The fourth-order valence-electron chi connectivity index (χ4n) is 2.12. The second-order valence-electron chi connectivity index (χ2n) is 4.86. The first-order chi connectivity index (χ1) is 9.10. The monoisotopic (exact) mass is 266 g/mol. The van der Waals surface area contributed by atoms with Gasteiger partial charge in [-0.1, -0.05) is 12.1 Å². The number of rotatable bonds is 4. The normalized spacial score (nSPS) is 22.5. The zero-order valence-electron chi connectivity index (χ0n) is 11.0. The van der Waals surface area contributed by atoms with Crippen molar-refractivity contribution in [2.45, 2.75) is 38.5 Å². The Morgan fingerprint density at radius 2 is 2.32 bits per heavy atom. The molecular formula is C14H19FN2O2.